The smallest absolute Gasteiger partial charge is 0.323 e. The van der Waals surface area contributed by atoms with E-state index in [9.17, 15) is 4.79 Å². The van der Waals surface area contributed by atoms with Crippen LogP contribution in [-0.2, 0) is 4.79 Å². The van der Waals surface area contributed by atoms with Crippen LogP contribution in [0.15, 0.2) is 0 Å². The first kappa shape index (κ1) is 12.6. The van der Waals surface area contributed by atoms with Crippen LogP contribution in [0.4, 0.5) is 0 Å². The van der Waals surface area contributed by atoms with E-state index in [1.807, 2.05) is 13.8 Å². The summed E-state index contributed by atoms with van der Waals surface area (Å²) in [6.07, 6.45) is 0.311. The molecule has 0 spiro atoms. The van der Waals surface area contributed by atoms with Crippen molar-refractivity contribution >= 4 is 5.97 Å². The van der Waals surface area contributed by atoms with Crippen molar-refractivity contribution in [3.8, 4) is 0 Å². The average Bonchev–Trinajstić information content (AvgIpc) is 2.44. The average molecular weight is 226 g/mol. The largest absolute Gasteiger partial charge is 0.480 e. The highest BCUT2D eigenvalue weighted by Gasteiger charge is 2.31. The molecule has 1 aromatic heterocycles. The van der Waals surface area contributed by atoms with E-state index in [-0.39, 0.29) is 6.04 Å². The van der Waals surface area contributed by atoms with Gasteiger partial charge in [-0.1, -0.05) is 0 Å². The topological polar surface area (TPSA) is 94.0 Å². The van der Waals surface area contributed by atoms with E-state index in [4.69, 9.17) is 10.8 Å². The van der Waals surface area contributed by atoms with Gasteiger partial charge in [0.2, 0.25) is 0 Å². The molecule has 6 nitrogen and oxygen atoms in total. The molecule has 16 heavy (non-hydrogen) atoms. The van der Waals surface area contributed by atoms with E-state index in [0.29, 0.717) is 12.2 Å². The van der Waals surface area contributed by atoms with Gasteiger partial charge in [0, 0.05) is 0 Å². The van der Waals surface area contributed by atoms with Gasteiger partial charge in [0.1, 0.15) is 17.2 Å². The van der Waals surface area contributed by atoms with E-state index in [1.165, 1.54) is 6.92 Å². The third-order valence-electron chi connectivity index (χ3n) is 2.53. The van der Waals surface area contributed by atoms with Crippen LogP contribution in [0.1, 0.15) is 38.0 Å². The van der Waals surface area contributed by atoms with Crippen LogP contribution >= 0.6 is 0 Å². The molecule has 90 valence electrons. The lowest BCUT2D eigenvalue weighted by Crippen LogP contribution is -2.46. The number of hydrogen-bond acceptors (Lipinski definition) is 4. The summed E-state index contributed by atoms with van der Waals surface area (Å²) in [5.41, 5.74) is 4.45. The normalized spacial score (nSPS) is 16.8. The van der Waals surface area contributed by atoms with E-state index < -0.39 is 11.5 Å². The number of aryl methyl sites for hydroxylation is 2. The summed E-state index contributed by atoms with van der Waals surface area (Å²) in [6, 6.07) is -0.0905. The zero-order valence-electron chi connectivity index (χ0n) is 10.1. The first-order valence-corrected chi connectivity index (χ1v) is 5.16. The van der Waals surface area contributed by atoms with E-state index >= 15 is 0 Å². The Hall–Kier alpha value is -1.43. The summed E-state index contributed by atoms with van der Waals surface area (Å²) >= 11 is 0. The summed E-state index contributed by atoms with van der Waals surface area (Å²) < 4.78 is 1.71. The second-order valence-electron chi connectivity index (χ2n) is 4.43. The highest BCUT2D eigenvalue weighted by molar-refractivity contribution is 5.77. The van der Waals surface area contributed by atoms with Gasteiger partial charge in [0.15, 0.2) is 0 Å². The van der Waals surface area contributed by atoms with Gasteiger partial charge in [0.05, 0.1) is 6.04 Å². The molecule has 0 aliphatic carbocycles. The van der Waals surface area contributed by atoms with Gasteiger partial charge in [-0.15, -0.1) is 0 Å². The molecule has 0 saturated carbocycles. The SMILES string of the molecule is Cc1nc(C)n(C(C)CC(C)(N)C(=O)O)n1. The van der Waals surface area contributed by atoms with E-state index in [2.05, 4.69) is 10.1 Å². The lowest BCUT2D eigenvalue weighted by Gasteiger charge is -2.23. The summed E-state index contributed by atoms with van der Waals surface area (Å²) in [5, 5.41) is 13.2. The summed E-state index contributed by atoms with van der Waals surface area (Å²) in [5.74, 6) is 0.443. The van der Waals surface area contributed by atoms with Gasteiger partial charge in [-0.25, -0.2) is 9.67 Å². The van der Waals surface area contributed by atoms with Gasteiger partial charge >= 0.3 is 5.97 Å². The molecule has 0 radical (unpaired) electrons. The molecule has 0 saturated heterocycles. The van der Waals surface area contributed by atoms with Crippen molar-refractivity contribution in [1.82, 2.24) is 14.8 Å². The Labute approximate surface area is 94.5 Å². The fourth-order valence-electron chi connectivity index (χ4n) is 1.74. The Morgan fingerprint density at radius 1 is 1.62 bits per heavy atom. The molecule has 0 aliphatic rings. The van der Waals surface area contributed by atoms with Gasteiger partial charge in [0.25, 0.3) is 0 Å². The van der Waals surface area contributed by atoms with E-state index in [1.54, 1.807) is 11.6 Å². The number of aliphatic carboxylic acids is 1. The van der Waals surface area contributed by atoms with Crippen molar-refractivity contribution < 1.29 is 9.90 Å². The molecule has 1 rings (SSSR count). The molecule has 0 fully saturated rings. The monoisotopic (exact) mass is 226 g/mol. The van der Waals surface area contributed by atoms with Crippen LogP contribution in [0.2, 0.25) is 0 Å². The van der Waals surface area contributed by atoms with Gasteiger partial charge in [-0.05, 0) is 34.1 Å². The fraction of sp³-hybridized carbons (Fsp3) is 0.700. The number of nitrogens with zero attached hydrogens (tertiary/aromatic N) is 3. The summed E-state index contributed by atoms with van der Waals surface area (Å²) in [7, 11) is 0. The first-order chi connectivity index (χ1) is 7.24. The molecule has 0 amide bonds. The number of nitrogens with two attached hydrogens (primary N) is 1. The minimum absolute atomic E-state index is 0.0905. The minimum Gasteiger partial charge on any atom is -0.480 e. The van der Waals surface area contributed by atoms with Crippen molar-refractivity contribution in [1.29, 1.82) is 0 Å². The Bertz CT molecular complexity index is 398. The minimum atomic E-state index is -1.24. The van der Waals surface area contributed by atoms with Crippen LogP contribution in [0.3, 0.4) is 0 Å². The number of rotatable bonds is 4. The molecular weight excluding hydrogens is 208 g/mol. The van der Waals surface area contributed by atoms with Crippen molar-refractivity contribution in [2.24, 2.45) is 5.73 Å². The maximum absolute atomic E-state index is 10.9. The highest BCUT2D eigenvalue weighted by atomic mass is 16.4. The summed E-state index contributed by atoms with van der Waals surface area (Å²) in [4.78, 5) is 15.1. The van der Waals surface area contributed by atoms with Crippen molar-refractivity contribution in [3.63, 3.8) is 0 Å². The summed E-state index contributed by atoms with van der Waals surface area (Å²) in [6.45, 7) is 7.03. The molecule has 1 heterocycles. The van der Waals surface area contributed by atoms with Gasteiger partial charge in [-0.2, -0.15) is 5.10 Å². The Balaban J connectivity index is 2.84. The zero-order valence-corrected chi connectivity index (χ0v) is 10.1. The number of hydrogen-bond donors (Lipinski definition) is 2. The van der Waals surface area contributed by atoms with Crippen molar-refractivity contribution in [2.45, 2.75) is 45.7 Å². The van der Waals surface area contributed by atoms with Gasteiger partial charge in [-0.3, -0.25) is 4.79 Å². The fourth-order valence-corrected chi connectivity index (χ4v) is 1.74. The molecule has 3 N–H and O–H groups in total. The molecule has 1 aromatic rings. The molecular formula is C10H18N4O2. The highest BCUT2D eigenvalue weighted by Crippen LogP contribution is 2.19. The predicted molar refractivity (Wildman–Crippen MR) is 59.1 cm³/mol. The first-order valence-electron chi connectivity index (χ1n) is 5.16. The van der Waals surface area contributed by atoms with Crippen molar-refractivity contribution in [3.05, 3.63) is 11.6 Å². The molecule has 0 bridgehead atoms. The standard InChI is InChI=1S/C10H18N4O2/c1-6(5-10(4,11)9(15)16)14-8(3)12-7(2)13-14/h6H,5,11H2,1-4H3,(H,15,16). The Morgan fingerprint density at radius 3 is 2.56 bits per heavy atom. The second-order valence-corrected chi connectivity index (χ2v) is 4.43. The number of carboxylic acid groups (broad SMARTS) is 1. The molecule has 0 aliphatic heterocycles. The lowest BCUT2D eigenvalue weighted by atomic mass is 9.95. The van der Waals surface area contributed by atoms with Crippen LogP contribution in [-0.4, -0.2) is 31.4 Å². The van der Waals surface area contributed by atoms with Crippen LogP contribution in [0.5, 0.6) is 0 Å². The predicted octanol–water partition coefficient (Wildman–Crippen LogP) is 0.648. The van der Waals surface area contributed by atoms with Crippen LogP contribution in [0.25, 0.3) is 0 Å². The molecule has 6 heteroatoms. The molecule has 2 unspecified atom stereocenters. The third-order valence-corrected chi connectivity index (χ3v) is 2.53. The van der Waals surface area contributed by atoms with Gasteiger partial charge < -0.3 is 10.8 Å². The van der Waals surface area contributed by atoms with Crippen molar-refractivity contribution in [2.75, 3.05) is 0 Å². The number of carbonyl (C=O) groups is 1. The quantitative estimate of drug-likeness (QED) is 0.786. The maximum Gasteiger partial charge on any atom is 0.323 e. The maximum atomic E-state index is 10.9. The Morgan fingerprint density at radius 2 is 2.19 bits per heavy atom. The number of aromatic nitrogens is 3. The zero-order chi connectivity index (χ0) is 12.5. The molecule has 2 atom stereocenters. The third kappa shape index (κ3) is 2.57. The lowest BCUT2D eigenvalue weighted by molar-refractivity contribution is -0.143. The number of carboxylic acids is 1. The molecule has 0 aromatic carbocycles. The van der Waals surface area contributed by atoms with E-state index in [0.717, 1.165) is 5.82 Å². The van der Waals surface area contributed by atoms with Crippen LogP contribution in [0, 0.1) is 13.8 Å². The second kappa shape index (κ2) is 4.21. The Kier molecular flexibility index (Phi) is 3.32. The van der Waals surface area contributed by atoms with Crippen LogP contribution < -0.4 is 5.73 Å².